The monoisotopic (exact) mass is 394 g/mol. The molecule has 0 saturated carbocycles. The number of hydrogen-bond donors (Lipinski definition) is 0. The topological polar surface area (TPSA) is 61.4 Å². The molecule has 4 aromatic rings. The SMILES string of the molecule is Cc1cccc(Cn2nnc(-c3cnn(-c4ccccc4)c3Br)n2)c1. The van der Waals surface area contributed by atoms with Gasteiger partial charge in [0, 0.05) is 0 Å². The van der Waals surface area contributed by atoms with Gasteiger partial charge in [-0.2, -0.15) is 9.90 Å². The molecule has 2 aromatic heterocycles. The molecule has 0 fully saturated rings. The van der Waals surface area contributed by atoms with E-state index in [1.165, 1.54) is 5.56 Å². The normalized spacial score (nSPS) is 11.0. The van der Waals surface area contributed by atoms with Crippen molar-refractivity contribution in [1.29, 1.82) is 0 Å². The van der Waals surface area contributed by atoms with Gasteiger partial charge in [-0.25, -0.2) is 4.68 Å². The minimum absolute atomic E-state index is 0.543. The first-order chi connectivity index (χ1) is 12.2. The lowest BCUT2D eigenvalue weighted by molar-refractivity contribution is 0.572. The Morgan fingerprint density at radius 1 is 1.04 bits per heavy atom. The van der Waals surface area contributed by atoms with Gasteiger partial charge >= 0.3 is 0 Å². The Labute approximate surface area is 153 Å². The van der Waals surface area contributed by atoms with Gasteiger partial charge in [-0.05, 0) is 45.8 Å². The summed E-state index contributed by atoms with van der Waals surface area (Å²) in [5, 5.41) is 17.2. The minimum atomic E-state index is 0.543. The zero-order valence-electron chi connectivity index (χ0n) is 13.5. The molecule has 25 heavy (non-hydrogen) atoms. The van der Waals surface area contributed by atoms with Crippen LogP contribution in [-0.4, -0.2) is 30.0 Å². The molecule has 0 aliphatic heterocycles. The lowest BCUT2D eigenvalue weighted by Crippen LogP contribution is -2.04. The summed E-state index contributed by atoms with van der Waals surface area (Å²) in [5.74, 6) is 0.543. The summed E-state index contributed by atoms with van der Waals surface area (Å²) < 4.78 is 2.60. The first kappa shape index (κ1) is 15.7. The quantitative estimate of drug-likeness (QED) is 0.529. The molecule has 0 N–H and O–H groups in total. The van der Waals surface area contributed by atoms with Crippen molar-refractivity contribution in [3.05, 3.63) is 76.5 Å². The largest absolute Gasteiger partial charge is 0.226 e. The lowest BCUT2D eigenvalue weighted by Gasteiger charge is -2.02. The Morgan fingerprint density at radius 2 is 1.88 bits per heavy atom. The van der Waals surface area contributed by atoms with Crippen molar-refractivity contribution >= 4 is 15.9 Å². The first-order valence-corrected chi connectivity index (χ1v) is 8.63. The molecule has 0 unspecified atom stereocenters. The second-order valence-corrected chi connectivity index (χ2v) is 6.48. The highest BCUT2D eigenvalue weighted by Gasteiger charge is 2.16. The molecular formula is C18H15BrN6. The predicted molar refractivity (Wildman–Crippen MR) is 98.4 cm³/mol. The maximum atomic E-state index is 4.48. The molecule has 0 bridgehead atoms. The fraction of sp³-hybridized carbons (Fsp3) is 0.111. The molecule has 124 valence electrons. The van der Waals surface area contributed by atoms with Crippen LogP contribution in [0.2, 0.25) is 0 Å². The highest BCUT2D eigenvalue weighted by atomic mass is 79.9. The van der Waals surface area contributed by atoms with E-state index in [4.69, 9.17) is 0 Å². The van der Waals surface area contributed by atoms with Crippen LogP contribution in [0.5, 0.6) is 0 Å². The maximum Gasteiger partial charge on any atom is 0.209 e. The summed E-state index contributed by atoms with van der Waals surface area (Å²) in [7, 11) is 0. The summed E-state index contributed by atoms with van der Waals surface area (Å²) in [6.45, 7) is 2.65. The number of aryl methyl sites for hydroxylation is 1. The number of tetrazole rings is 1. The van der Waals surface area contributed by atoms with E-state index < -0.39 is 0 Å². The van der Waals surface area contributed by atoms with Gasteiger partial charge in [0.05, 0.1) is 24.0 Å². The van der Waals surface area contributed by atoms with Gasteiger partial charge in [-0.15, -0.1) is 10.2 Å². The Kier molecular flexibility index (Phi) is 4.15. The number of nitrogens with zero attached hydrogens (tertiary/aromatic N) is 6. The Hall–Kier alpha value is -2.80. The van der Waals surface area contributed by atoms with Crippen molar-refractivity contribution in [3.8, 4) is 17.1 Å². The van der Waals surface area contributed by atoms with Crippen LogP contribution in [0.15, 0.2) is 65.4 Å². The van der Waals surface area contributed by atoms with E-state index in [1.54, 1.807) is 15.7 Å². The summed E-state index contributed by atoms with van der Waals surface area (Å²) in [6, 6.07) is 18.2. The van der Waals surface area contributed by atoms with Gasteiger partial charge in [0.2, 0.25) is 5.82 Å². The molecule has 0 spiro atoms. The summed E-state index contributed by atoms with van der Waals surface area (Å²) in [6.07, 6.45) is 1.74. The number of rotatable bonds is 4. The second kappa shape index (κ2) is 6.60. The van der Waals surface area contributed by atoms with Gasteiger partial charge in [0.1, 0.15) is 4.60 Å². The average Bonchev–Trinajstić information content (AvgIpc) is 3.22. The van der Waals surface area contributed by atoms with Gasteiger partial charge in [0.15, 0.2) is 0 Å². The van der Waals surface area contributed by atoms with Crippen molar-refractivity contribution in [1.82, 2.24) is 30.0 Å². The van der Waals surface area contributed by atoms with E-state index in [9.17, 15) is 0 Å². The van der Waals surface area contributed by atoms with E-state index in [-0.39, 0.29) is 0 Å². The van der Waals surface area contributed by atoms with Crippen LogP contribution in [0.1, 0.15) is 11.1 Å². The average molecular weight is 395 g/mol. The van der Waals surface area contributed by atoms with E-state index in [2.05, 4.69) is 61.6 Å². The second-order valence-electron chi connectivity index (χ2n) is 5.73. The molecule has 0 aliphatic carbocycles. The van der Waals surface area contributed by atoms with Crippen LogP contribution in [0.25, 0.3) is 17.1 Å². The van der Waals surface area contributed by atoms with Crippen LogP contribution >= 0.6 is 15.9 Å². The van der Waals surface area contributed by atoms with Crippen molar-refractivity contribution in [2.24, 2.45) is 0 Å². The van der Waals surface area contributed by atoms with Crippen LogP contribution in [0.3, 0.4) is 0 Å². The van der Waals surface area contributed by atoms with Crippen LogP contribution in [0.4, 0.5) is 0 Å². The third-order valence-electron chi connectivity index (χ3n) is 3.81. The molecule has 0 radical (unpaired) electrons. The number of halogens is 1. The minimum Gasteiger partial charge on any atom is -0.226 e. The zero-order valence-corrected chi connectivity index (χ0v) is 15.1. The predicted octanol–water partition coefficient (Wildman–Crippen LogP) is 3.65. The molecule has 0 amide bonds. The Balaban J connectivity index is 1.61. The van der Waals surface area contributed by atoms with E-state index in [1.807, 2.05) is 36.4 Å². The molecule has 2 aromatic carbocycles. The van der Waals surface area contributed by atoms with Crippen LogP contribution < -0.4 is 0 Å². The van der Waals surface area contributed by atoms with E-state index >= 15 is 0 Å². The van der Waals surface area contributed by atoms with Gasteiger partial charge in [-0.3, -0.25) is 0 Å². The molecule has 6 nitrogen and oxygen atoms in total. The Morgan fingerprint density at radius 3 is 2.68 bits per heavy atom. The van der Waals surface area contributed by atoms with Crippen molar-refractivity contribution in [3.63, 3.8) is 0 Å². The van der Waals surface area contributed by atoms with Gasteiger partial charge < -0.3 is 0 Å². The highest BCUT2D eigenvalue weighted by Crippen LogP contribution is 2.27. The third kappa shape index (κ3) is 3.23. The van der Waals surface area contributed by atoms with Crippen molar-refractivity contribution in [2.75, 3.05) is 0 Å². The standard InChI is InChI=1S/C18H15BrN6/c1-13-6-5-7-14(10-13)12-24-22-18(21-23-24)16-11-20-25(17(16)19)15-8-3-2-4-9-15/h2-11H,12H2,1H3. The van der Waals surface area contributed by atoms with Crippen LogP contribution in [-0.2, 0) is 6.54 Å². The zero-order chi connectivity index (χ0) is 17.2. The molecule has 7 heteroatoms. The lowest BCUT2D eigenvalue weighted by atomic mass is 10.1. The van der Waals surface area contributed by atoms with Crippen molar-refractivity contribution < 1.29 is 0 Å². The fourth-order valence-electron chi connectivity index (χ4n) is 2.62. The molecule has 0 aliphatic rings. The first-order valence-electron chi connectivity index (χ1n) is 7.83. The number of para-hydroxylation sites is 1. The Bertz CT molecular complexity index is 1010. The summed E-state index contributed by atoms with van der Waals surface area (Å²) in [4.78, 5) is 1.59. The molecule has 0 atom stereocenters. The van der Waals surface area contributed by atoms with E-state index in [0.29, 0.717) is 12.4 Å². The highest BCUT2D eigenvalue weighted by molar-refractivity contribution is 9.10. The van der Waals surface area contributed by atoms with Crippen LogP contribution in [0, 0.1) is 6.92 Å². The molecule has 4 rings (SSSR count). The van der Waals surface area contributed by atoms with E-state index in [0.717, 1.165) is 21.4 Å². The third-order valence-corrected chi connectivity index (χ3v) is 4.57. The number of aromatic nitrogens is 6. The fourth-order valence-corrected chi connectivity index (χ4v) is 3.20. The maximum absolute atomic E-state index is 4.48. The smallest absolute Gasteiger partial charge is 0.209 e. The van der Waals surface area contributed by atoms with Gasteiger partial charge in [-0.1, -0.05) is 48.0 Å². The number of benzene rings is 2. The summed E-state index contributed by atoms with van der Waals surface area (Å²) >= 11 is 3.59. The van der Waals surface area contributed by atoms with Gasteiger partial charge in [0.25, 0.3) is 0 Å². The summed E-state index contributed by atoms with van der Waals surface area (Å²) in [5.41, 5.74) is 4.12. The molecule has 2 heterocycles. The number of hydrogen-bond acceptors (Lipinski definition) is 4. The molecular weight excluding hydrogens is 380 g/mol. The van der Waals surface area contributed by atoms with Crippen molar-refractivity contribution in [2.45, 2.75) is 13.5 Å². The molecule has 0 saturated heterocycles.